The molecule has 0 atom stereocenters. The van der Waals surface area contributed by atoms with Crippen LogP contribution in [0.15, 0.2) is 33.4 Å². The Morgan fingerprint density at radius 3 is 3.07 bits per heavy atom. The average molecular weight is 406 g/mol. The lowest BCUT2D eigenvalue weighted by Gasteiger charge is -2.09. The van der Waals surface area contributed by atoms with Crippen molar-refractivity contribution >= 4 is 17.0 Å². The van der Waals surface area contributed by atoms with E-state index in [1.165, 1.54) is 6.42 Å². The minimum Gasteiger partial charge on any atom is -0.463 e. The van der Waals surface area contributed by atoms with E-state index in [0.717, 1.165) is 37.5 Å². The second-order valence-corrected chi connectivity index (χ2v) is 7.48. The van der Waals surface area contributed by atoms with Gasteiger partial charge >= 0.3 is 0 Å². The molecule has 1 aliphatic rings. The number of hydrogen-bond acceptors (Lipinski definition) is 7. The van der Waals surface area contributed by atoms with E-state index in [-0.39, 0.29) is 5.91 Å². The minimum atomic E-state index is -0.211. The molecular formula is C21H22N6O3. The van der Waals surface area contributed by atoms with Gasteiger partial charge in [0.15, 0.2) is 5.76 Å². The number of pyridine rings is 1. The van der Waals surface area contributed by atoms with Crippen molar-refractivity contribution in [1.82, 2.24) is 30.2 Å². The molecule has 30 heavy (non-hydrogen) atoms. The van der Waals surface area contributed by atoms with Gasteiger partial charge in [0, 0.05) is 25.9 Å². The van der Waals surface area contributed by atoms with Gasteiger partial charge in [0.05, 0.1) is 22.9 Å². The molecule has 0 saturated heterocycles. The molecule has 1 amide bonds. The summed E-state index contributed by atoms with van der Waals surface area (Å²) < 4.78 is 12.9. The summed E-state index contributed by atoms with van der Waals surface area (Å²) in [4.78, 5) is 17.5. The van der Waals surface area contributed by atoms with Gasteiger partial charge in [0.2, 0.25) is 0 Å². The Morgan fingerprint density at radius 1 is 1.27 bits per heavy atom. The number of fused-ring (bicyclic) bond motifs is 2. The average Bonchev–Trinajstić information content (AvgIpc) is 3.46. The molecule has 5 rings (SSSR count). The van der Waals surface area contributed by atoms with Crippen molar-refractivity contribution in [2.24, 2.45) is 0 Å². The van der Waals surface area contributed by atoms with Crippen LogP contribution in [-0.4, -0.2) is 37.4 Å². The standard InChI is InChI=1S/C21H22N6O3/c1-13-19-14(12-15(16-6-5-11-29-16)23-21(19)30-26-13)20(28)22-9-8-18-25-24-17-7-3-2-4-10-27(17)18/h5-6,11-12H,2-4,7-10H2,1H3,(H,22,28). The van der Waals surface area contributed by atoms with Crippen molar-refractivity contribution in [2.45, 2.75) is 45.6 Å². The molecule has 154 valence electrons. The van der Waals surface area contributed by atoms with Gasteiger partial charge in [-0.25, -0.2) is 4.98 Å². The highest BCUT2D eigenvalue weighted by Crippen LogP contribution is 2.27. The summed E-state index contributed by atoms with van der Waals surface area (Å²) in [5.74, 6) is 2.32. The Bertz CT molecular complexity index is 1190. The summed E-state index contributed by atoms with van der Waals surface area (Å²) in [6, 6.07) is 5.27. The number of nitrogens with zero attached hydrogens (tertiary/aromatic N) is 5. The lowest BCUT2D eigenvalue weighted by Crippen LogP contribution is -2.27. The van der Waals surface area contributed by atoms with Crippen LogP contribution in [0, 0.1) is 6.92 Å². The predicted molar refractivity (Wildman–Crippen MR) is 108 cm³/mol. The Balaban J connectivity index is 1.36. The van der Waals surface area contributed by atoms with Crippen molar-refractivity contribution in [1.29, 1.82) is 0 Å². The van der Waals surface area contributed by atoms with Gasteiger partial charge in [-0.2, -0.15) is 0 Å². The largest absolute Gasteiger partial charge is 0.463 e. The molecule has 0 aromatic carbocycles. The van der Waals surface area contributed by atoms with E-state index in [0.29, 0.717) is 46.8 Å². The first-order valence-electron chi connectivity index (χ1n) is 10.2. The number of rotatable bonds is 5. The number of aromatic nitrogens is 5. The highest BCUT2D eigenvalue weighted by Gasteiger charge is 2.20. The van der Waals surface area contributed by atoms with E-state index in [9.17, 15) is 4.79 Å². The number of carbonyl (C=O) groups excluding carboxylic acids is 1. The highest BCUT2D eigenvalue weighted by atomic mass is 16.5. The van der Waals surface area contributed by atoms with Crippen LogP contribution < -0.4 is 5.32 Å². The lowest BCUT2D eigenvalue weighted by molar-refractivity contribution is 0.0955. The first kappa shape index (κ1) is 18.5. The zero-order valence-electron chi connectivity index (χ0n) is 16.7. The van der Waals surface area contributed by atoms with Gasteiger partial charge < -0.3 is 18.8 Å². The van der Waals surface area contributed by atoms with Crippen molar-refractivity contribution in [3.05, 3.63) is 47.4 Å². The quantitative estimate of drug-likeness (QED) is 0.542. The van der Waals surface area contributed by atoms with Gasteiger partial charge in [0.1, 0.15) is 17.3 Å². The molecule has 9 nitrogen and oxygen atoms in total. The van der Waals surface area contributed by atoms with Gasteiger partial charge in [-0.15, -0.1) is 10.2 Å². The maximum Gasteiger partial charge on any atom is 0.259 e. The molecule has 0 unspecified atom stereocenters. The smallest absolute Gasteiger partial charge is 0.259 e. The summed E-state index contributed by atoms with van der Waals surface area (Å²) in [6.07, 6.45) is 6.67. The van der Waals surface area contributed by atoms with Crippen LogP contribution in [0.4, 0.5) is 0 Å². The van der Waals surface area contributed by atoms with E-state index < -0.39 is 0 Å². The number of hydrogen-bond donors (Lipinski definition) is 1. The SMILES string of the molecule is Cc1noc2nc(-c3ccco3)cc(C(=O)NCCc3nnc4n3CCCCC4)c12. The van der Waals surface area contributed by atoms with Crippen LogP contribution >= 0.6 is 0 Å². The molecule has 1 N–H and O–H groups in total. The number of carbonyl (C=O) groups is 1. The topological polar surface area (TPSA) is 112 Å². The maximum atomic E-state index is 13.0. The van der Waals surface area contributed by atoms with Crippen LogP contribution in [0.2, 0.25) is 0 Å². The number of nitrogens with one attached hydrogen (secondary N) is 1. The summed E-state index contributed by atoms with van der Waals surface area (Å²) in [5, 5.41) is 16.2. The minimum absolute atomic E-state index is 0.211. The molecule has 4 aromatic rings. The second kappa shape index (κ2) is 7.74. The molecular weight excluding hydrogens is 384 g/mol. The van der Waals surface area contributed by atoms with E-state index in [1.807, 2.05) is 0 Å². The van der Waals surface area contributed by atoms with Crippen LogP contribution in [0.3, 0.4) is 0 Å². The first-order valence-corrected chi connectivity index (χ1v) is 10.2. The summed E-state index contributed by atoms with van der Waals surface area (Å²) >= 11 is 0. The lowest BCUT2D eigenvalue weighted by atomic mass is 10.1. The summed E-state index contributed by atoms with van der Waals surface area (Å²) in [5.41, 5.74) is 1.92. The summed E-state index contributed by atoms with van der Waals surface area (Å²) in [7, 11) is 0. The van der Waals surface area contributed by atoms with Gasteiger partial charge in [-0.3, -0.25) is 4.79 Å². The molecule has 0 saturated carbocycles. The maximum absolute atomic E-state index is 13.0. The molecule has 0 spiro atoms. The fraction of sp³-hybridized carbons (Fsp3) is 0.381. The first-order chi connectivity index (χ1) is 14.7. The molecule has 4 aromatic heterocycles. The third kappa shape index (κ3) is 3.36. The molecule has 0 aliphatic carbocycles. The zero-order chi connectivity index (χ0) is 20.5. The Hall–Kier alpha value is -3.49. The predicted octanol–water partition coefficient (Wildman–Crippen LogP) is 3.08. The zero-order valence-corrected chi connectivity index (χ0v) is 16.7. The molecule has 9 heteroatoms. The number of aryl methyl sites for hydroxylation is 2. The third-order valence-corrected chi connectivity index (χ3v) is 5.46. The monoisotopic (exact) mass is 406 g/mol. The molecule has 5 heterocycles. The van der Waals surface area contributed by atoms with Crippen LogP contribution in [0.25, 0.3) is 22.6 Å². The summed E-state index contributed by atoms with van der Waals surface area (Å²) in [6.45, 7) is 3.20. The van der Waals surface area contributed by atoms with Crippen LogP contribution in [-0.2, 0) is 19.4 Å². The van der Waals surface area contributed by atoms with Crippen molar-refractivity contribution < 1.29 is 13.7 Å². The van der Waals surface area contributed by atoms with Crippen LogP contribution in [0.5, 0.6) is 0 Å². The fourth-order valence-corrected chi connectivity index (χ4v) is 3.94. The number of amides is 1. The normalized spacial score (nSPS) is 13.9. The highest BCUT2D eigenvalue weighted by molar-refractivity contribution is 6.06. The molecule has 0 bridgehead atoms. The van der Waals surface area contributed by atoms with E-state index in [1.54, 1.807) is 31.4 Å². The van der Waals surface area contributed by atoms with E-state index >= 15 is 0 Å². The Labute approximate surface area is 172 Å². The second-order valence-electron chi connectivity index (χ2n) is 7.48. The van der Waals surface area contributed by atoms with Crippen molar-refractivity contribution in [3.8, 4) is 11.5 Å². The fourth-order valence-electron chi connectivity index (χ4n) is 3.94. The van der Waals surface area contributed by atoms with E-state index in [4.69, 9.17) is 8.94 Å². The molecule has 0 radical (unpaired) electrons. The van der Waals surface area contributed by atoms with Crippen molar-refractivity contribution in [3.63, 3.8) is 0 Å². The molecule has 1 aliphatic heterocycles. The van der Waals surface area contributed by atoms with E-state index in [2.05, 4.69) is 30.2 Å². The van der Waals surface area contributed by atoms with Crippen LogP contribution in [0.1, 0.15) is 47.0 Å². The Kier molecular flexibility index (Phi) is 4.78. The Morgan fingerprint density at radius 2 is 2.20 bits per heavy atom. The van der Waals surface area contributed by atoms with Gasteiger partial charge in [-0.1, -0.05) is 11.6 Å². The van der Waals surface area contributed by atoms with Gasteiger partial charge in [-0.05, 0) is 38.0 Å². The van der Waals surface area contributed by atoms with Gasteiger partial charge in [0.25, 0.3) is 11.6 Å². The number of furan rings is 1. The van der Waals surface area contributed by atoms with Crippen molar-refractivity contribution in [2.75, 3.05) is 6.54 Å². The third-order valence-electron chi connectivity index (χ3n) is 5.46. The molecule has 0 fully saturated rings.